The SMILES string of the molecule is CC/C(=N/NC(=O)c1ccc2c(=O)n3c(nc2c1)CCC3)C(C)C. The summed E-state index contributed by atoms with van der Waals surface area (Å²) in [4.78, 5) is 29.3. The van der Waals surface area contributed by atoms with Crippen molar-refractivity contribution in [1.29, 1.82) is 0 Å². The highest BCUT2D eigenvalue weighted by Gasteiger charge is 2.17. The molecule has 0 unspecified atom stereocenters. The van der Waals surface area contributed by atoms with Crippen molar-refractivity contribution in [3.63, 3.8) is 0 Å². The largest absolute Gasteiger partial charge is 0.296 e. The van der Waals surface area contributed by atoms with Gasteiger partial charge in [-0.1, -0.05) is 20.8 Å². The Kier molecular flexibility index (Phi) is 4.46. The lowest BCUT2D eigenvalue weighted by atomic mass is 10.1. The van der Waals surface area contributed by atoms with Gasteiger partial charge in [0.25, 0.3) is 11.5 Å². The summed E-state index contributed by atoms with van der Waals surface area (Å²) in [7, 11) is 0. The number of fused-ring (bicyclic) bond motifs is 2. The van der Waals surface area contributed by atoms with E-state index < -0.39 is 0 Å². The van der Waals surface area contributed by atoms with E-state index in [0.717, 1.165) is 37.3 Å². The van der Waals surface area contributed by atoms with Crippen molar-refractivity contribution in [2.24, 2.45) is 11.0 Å². The van der Waals surface area contributed by atoms with Crippen LogP contribution in [0.1, 0.15) is 49.8 Å². The number of hydrazone groups is 1. The van der Waals surface area contributed by atoms with Crippen LogP contribution < -0.4 is 11.0 Å². The zero-order chi connectivity index (χ0) is 17.3. The van der Waals surface area contributed by atoms with Gasteiger partial charge in [-0.25, -0.2) is 10.4 Å². The van der Waals surface area contributed by atoms with E-state index in [2.05, 4.69) is 15.5 Å². The van der Waals surface area contributed by atoms with Crippen LogP contribution >= 0.6 is 0 Å². The maximum Gasteiger partial charge on any atom is 0.271 e. The fourth-order valence-corrected chi connectivity index (χ4v) is 3.03. The molecule has 0 saturated carbocycles. The molecule has 1 aliphatic heterocycles. The highest BCUT2D eigenvalue weighted by Crippen LogP contribution is 2.16. The van der Waals surface area contributed by atoms with Crippen molar-refractivity contribution in [2.45, 2.75) is 46.6 Å². The quantitative estimate of drug-likeness (QED) is 0.693. The summed E-state index contributed by atoms with van der Waals surface area (Å²) in [6, 6.07) is 5.00. The number of nitrogens with one attached hydrogen (secondary N) is 1. The second kappa shape index (κ2) is 6.55. The Hall–Kier alpha value is -2.50. The van der Waals surface area contributed by atoms with Crippen molar-refractivity contribution < 1.29 is 4.79 Å². The third kappa shape index (κ3) is 2.96. The molecule has 6 heteroatoms. The number of carbonyl (C=O) groups excluding carboxylic acids is 1. The lowest BCUT2D eigenvalue weighted by Gasteiger charge is -2.09. The first-order valence-electron chi connectivity index (χ1n) is 8.41. The van der Waals surface area contributed by atoms with Crippen LogP contribution in [0.2, 0.25) is 0 Å². The Morgan fingerprint density at radius 1 is 1.42 bits per heavy atom. The fraction of sp³-hybridized carbons (Fsp3) is 0.444. The Morgan fingerprint density at radius 3 is 2.92 bits per heavy atom. The van der Waals surface area contributed by atoms with Crippen molar-refractivity contribution in [2.75, 3.05) is 0 Å². The molecule has 1 aliphatic rings. The summed E-state index contributed by atoms with van der Waals surface area (Å²) in [6.07, 6.45) is 2.54. The number of hydrogen-bond acceptors (Lipinski definition) is 4. The number of nitrogens with zero attached hydrogens (tertiary/aromatic N) is 3. The molecule has 1 aromatic carbocycles. The van der Waals surface area contributed by atoms with Crippen LogP contribution in [0.15, 0.2) is 28.1 Å². The molecule has 2 heterocycles. The summed E-state index contributed by atoms with van der Waals surface area (Å²) in [5, 5.41) is 4.76. The summed E-state index contributed by atoms with van der Waals surface area (Å²) in [6.45, 7) is 6.83. The number of rotatable bonds is 4. The molecule has 0 spiro atoms. The van der Waals surface area contributed by atoms with Gasteiger partial charge in [-0.05, 0) is 37.0 Å². The smallest absolute Gasteiger partial charge is 0.271 e. The molecule has 0 atom stereocenters. The molecule has 6 nitrogen and oxygen atoms in total. The standard InChI is InChI=1S/C18H22N4O2/c1-4-14(11(2)3)20-21-17(23)12-7-8-13-15(10-12)19-16-6-5-9-22(16)18(13)24/h7-8,10-11H,4-6,9H2,1-3H3,(H,21,23)/b20-14-. The highest BCUT2D eigenvalue weighted by molar-refractivity contribution is 5.98. The van der Waals surface area contributed by atoms with Gasteiger partial charge in [0.15, 0.2) is 0 Å². The number of aromatic nitrogens is 2. The molecule has 0 radical (unpaired) electrons. The topological polar surface area (TPSA) is 76.3 Å². The summed E-state index contributed by atoms with van der Waals surface area (Å²) in [5.74, 6) is 0.804. The number of carbonyl (C=O) groups is 1. The zero-order valence-electron chi connectivity index (χ0n) is 14.3. The van der Waals surface area contributed by atoms with Crippen LogP contribution in [0.25, 0.3) is 10.9 Å². The van der Waals surface area contributed by atoms with Gasteiger partial charge in [0.1, 0.15) is 5.82 Å². The number of hydrogen-bond donors (Lipinski definition) is 1. The van der Waals surface area contributed by atoms with Gasteiger partial charge in [-0.2, -0.15) is 5.10 Å². The van der Waals surface area contributed by atoms with Crippen LogP contribution in [-0.2, 0) is 13.0 Å². The van der Waals surface area contributed by atoms with Gasteiger partial charge in [0.05, 0.1) is 10.9 Å². The minimum absolute atomic E-state index is 0.0226. The molecule has 126 valence electrons. The normalized spacial score (nSPS) is 14.2. The Labute approximate surface area is 140 Å². The van der Waals surface area contributed by atoms with E-state index in [1.165, 1.54) is 0 Å². The molecule has 0 saturated heterocycles. The molecule has 1 aromatic heterocycles. The molecule has 0 fully saturated rings. The minimum Gasteiger partial charge on any atom is -0.296 e. The van der Waals surface area contributed by atoms with E-state index in [-0.39, 0.29) is 17.4 Å². The third-order valence-electron chi connectivity index (χ3n) is 4.41. The van der Waals surface area contributed by atoms with Gasteiger partial charge in [-0.3, -0.25) is 14.2 Å². The van der Waals surface area contributed by atoms with Gasteiger partial charge < -0.3 is 0 Å². The first-order valence-corrected chi connectivity index (χ1v) is 8.41. The van der Waals surface area contributed by atoms with Crippen LogP contribution in [0.4, 0.5) is 0 Å². The van der Waals surface area contributed by atoms with Crippen molar-refractivity contribution in [1.82, 2.24) is 15.0 Å². The summed E-state index contributed by atoms with van der Waals surface area (Å²) in [5.41, 5.74) is 4.55. The second-order valence-electron chi connectivity index (χ2n) is 6.37. The zero-order valence-corrected chi connectivity index (χ0v) is 14.3. The van der Waals surface area contributed by atoms with Crippen molar-refractivity contribution in [3.8, 4) is 0 Å². The molecular formula is C18H22N4O2. The van der Waals surface area contributed by atoms with Crippen LogP contribution in [-0.4, -0.2) is 21.2 Å². The van der Waals surface area contributed by atoms with E-state index in [1.54, 1.807) is 22.8 Å². The minimum atomic E-state index is -0.286. The molecule has 3 rings (SSSR count). The maximum atomic E-state index is 12.4. The van der Waals surface area contributed by atoms with Gasteiger partial charge in [-0.15, -0.1) is 0 Å². The van der Waals surface area contributed by atoms with E-state index >= 15 is 0 Å². The van der Waals surface area contributed by atoms with E-state index in [4.69, 9.17) is 0 Å². The van der Waals surface area contributed by atoms with Crippen LogP contribution in [0, 0.1) is 5.92 Å². The van der Waals surface area contributed by atoms with Crippen LogP contribution in [0.3, 0.4) is 0 Å². The van der Waals surface area contributed by atoms with Gasteiger partial charge in [0, 0.05) is 24.2 Å². The molecule has 0 bridgehead atoms. The predicted molar refractivity (Wildman–Crippen MR) is 94.4 cm³/mol. The predicted octanol–water partition coefficient (Wildman–Crippen LogP) is 2.49. The molecule has 0 aliphatic carbocycles. The molecule has 1 N–H and O–H groups in total. The highest BCUT2D eigenvalue weighted by atomic mass is 16.2. The fourth-order valence-electron chi connectivity index (χ4n) is 3.03. The lowest BCUT2D eigenvalue weighted by molar-refractivity contribution is 0.0954. The van der Waals surface area contributed by atoms with Crippen LogP contribution in [0.5, 0.6) is 0 Å². The van der Waals surface area contributed by atoms with E-state index in [9.17, 15) is 9.59 Å². The number of aryl methyl sites for hydroxylation is 1. The monoisotopic (exact) mass is 326 g/mol. The first-order chi connectivity index (χ1) is 11.5. The van der Waals surface area contributed by atoms with Gasteiger partial charge in [0.2, 0.25) is 0 Å². The lowest BCUT2D eigenvalue weighted by Crippen LogP contribution is -2.23. The number of benzene rings is 1. The molecule has 2 aromatic rings. The first kappa shape index (κ1) is 16.4. The summed E-state index contributed by atoms with van der Waals surface area (Å²) < 4.78 is 1.72. The van der Waals surface area contributed by atoms with E-state index in [1.807, 2.05) is 20.8 Å². The maximum absolute atomic E-state index is 12.4. The number of amides is 1. The van der Waals surface area contributed by atoms with E-state index in [0.29, 0.717) is 16.5 Å². The molecular weight excluding hydrogens is 304 g/mol. The Balaban J connectivity index is 1.92. The average Bonchev–Trinajstić information content (AvgIpc) is 3.03. The van der Waals surface area contributed by atoms with Crippen molar-refractivity contribution >= 4 is 22.5 Å². The Morgan fingerprint density at radius 2 is 2.21 bits per heavy atom. The third-order valence-corrected chi connectivity index (χ3v) is 4.41. The molecule has 24 heavy (non-hydrogen) atoms. The Bertz CT molecular complexity index is 880. The van der Waals surface area contributed by atoms with Crippen molar-refractivity contribution in [3.05, 3.63) is 39.9 Å². The average molecular weight is 326 g/mol. The summed E-state index contributed by atoms with van der Waals surface area (Å²) >= 11 is 0. The molecule has 1 amide bonds. The second-order valence-corrected chi connectivity index (χ2v) is 6.37. The van der Waals surface area contributed by atoms with Gasteiger partial charge >= 0.3 is 0 Å².